The van der Waals surface area contributed by atoms with Crippen molar-refractivity contribution in [1.82, 2.24) is 5.32 Å². The summed E-state index contributed by atoms with van der Waals surface area (Å²) in [6.45, 7) is 0.293. The number of carbonyl (C=O) groups excluding carboxylic acids is 1. The van der Waals surface area contributed by atoms with Gasteiger partial charge in [0.15, 0.2) is 0 Å². The predicted octanol–water partition coefficient (Wildman–Crippen LogP) is 2.42. The summed E-state index contributed by atoms with van der Waals surface area (Å²) in [7, 11) is 0. The molecule has 2 nitrogen and oxygen atoms in total. The Morgan fingerprint density at radius 1 is 1.29 bits per heavy atom. The number of allylic oxidation sites excluding steroid dienone is 1. The lowest BCUT2D eigenvalue weighted by atomic mass is 10.1. The Hall–Kier alpha value is -1.42. The molecule has 5 heteroatoms. The van der Waals surface area contributed by atoms with E-state index in [2.05, 4.69) is 5.32 Å². The van der Waals surface area contributed by atoms with Gasteiger partial charge in [-0.3, -0.25) is 4.79 Å². The molecule has 0 radical (unpaired) electrons. The second-order valence-electron chi connectivity index (χ2n) is 3.31. The molecule has 0 atom stereocenters. The van der Waals surface area contributed by atoms with Crippen molar-refractivity contribution in [2.24, 2.45) is 0 Å². The molecule has 17 heavy (non-hydrogen) atoms. The van der Waals surface area contributed by atoms with Crippen molar-refractivity contribution >= 4 is 17.5 Å². The first-order valence-electron chi connectivity index (χ1n) is 5.05. The van der Waals surface area contributed by atoms with E-state index >= 15 is 0 Å². The van der Waals surface area contributed by atoms with Crippen LogP contribution in [-0.4, -0.2) is 18.3 Å². The van der Waals surface area contributed by atoms with E-state index in [1.54, 1.807) is 12.2 Å². The summed E-state index contributed by atoms with van der Waals surface area (Å²) in [5.74, 6) is -1.50. The van der Waals surface area contributed by atoms with Crippen molar-refractivity contribution in [3.63, 3.8) is 0 Å². The number of carbonyl (C=O) groups is 1. The summed E-state index contributed by atoms with van der Waals surface area (Å²) in [5, 5.41) is 2.50. The van der Waals surface area contributed by atoms with Gasteiger partial charge in [0, 0.05) is 18.0 Å². The van der Waals surface area contributed by atoms with E-state index in [0.29, 0.717) is 12.4 Å². The number of hydrogen-bond acceptors (Lipinski definition) is 1. The van der Waals surface area contributed by atoms with Gasteiger partial charge in [0.1, 0.15) is 11.6 Å². The van der Waals surface area contributed by atoms with Crippen LogP contribution in [0.3, 0.4) is 0 Å². The number of amides is 1. The summed E-state index contributed by atoms with van der Waals surface area (Å²) in [5.41, 5.74) is -0.216. The van der Waals surface area contributed by atoms with Crippen molar-refractivity contribution in [3.05, 3.63) is 47.5 Å². The summed E-state index contributed by atoms with van der Waals surface area (Å²) in [6.07, 6.45) is 3.03. The van der Waals surface area contributed by atoms with Gasteiger partial charge < -0.3 is 5.32 Å². The Labute approximate surface area is 103 Å². The van der Waals surface area contributed by atoms with Crippen LogP contribution in [0.25, 0.3) is 0 Å². The smallest absolute Gasteiger partial charge is 0.224 e. The summed E-state index contributed by atoms with van der Waals surface area (Å²) in [6, 6.07) is 3.51. The fourth-order valence-corrected chi connectivity index (χ4v) is 1.37. The fourth-order valence-electron chi connectivity index (χ4n) is 1.24. The van der Waals surface area contributed by atoms with Crippen LogP contribution in [0.2, 0.25) is 0 Å². The lowest BCUT2D eigenvalue weighted by Crippen LogP contribution is -2.25. The van der Waals surface area contributed by atoms with Crippen LogP contribution in [0.15, 0.2) is 30.4 Å². The number of nitrogens with one attached hydrogen (secondary N) is 1. The molecule has 1 aromatic carbocycles. The van der Waals surface area contributed by atoms with Gasteiger partial charge in [-0.15, -0.1) is 11.6 Å². The molecule has 0 saturated carbocycles. The molecular formula is C12H12ClF2NO. The first-order valence-corrected chi connectivity index (χ1v) is 5.59. The van der Waals surface area contributed by atoms with Gasteiger partial charge >= 0.3 is 0 Å². The summed E-state index contributed by atoms with van der Waals surface area (Å²) in [4.78, 5) is 11.4. The minimum atomic E-state index is -0.712. The SMILES string of the molecule is O=C(Cc1c(F)cccc1F)NC/C=C/CCl. The Bertz CT molecular complexity index is 401. The summed E-state index contributed by atoms with van der Waals surface area (Å²) < 4.78 is 26.4. The lowest BCUT2D eigenvalue weighted by Gasteiger charge is -2.05. The van der Waals surface area contributed by atoms with Crippen LogP contribution in [0.1, 0.15) is 5.56 Å². The first-order chi connectivity index (χ1) is 8.15. The molecule has 0 aliphatic carbocycles. The van der Waals surface area contributed by atoms with Crippen LogP contribution >= 0.6 is 11.6 Å². The zero-order valence-electron chi connectivity index (χ0n) is 9.05. The molecule has 1 N–H and O–H groups in total. The van der Waals surface area contributed by atoms with Gasteiger partial charge in [-0.25, -0.2) is 8.78 Å². The van der Waals surface area contributed by atoms with Crippen LogP contribution in [-0.2, 0) is 11.2 Å². The van der Waals surface area contributed by atoms with Gasteiger partial charge in [-0.2, -0.15) is 0 Å². The van der Waals surface area contributed by atoms with E-state index in [1.807, 2.05) is 0 Å². The number of halogens is 3. The van der Waals surface area contributed by atoms with Gasteiger partial charge in [-0.05, 0) is 12.1 Å². The Kier molecular flexibility index (Phi) is 5.63. The molecule has 0 saturated heterocycles. The Balaban J connectivity index is 2.53. The third kappa shape index (κ3) is 4.53. The van der Waals surface area contributed by atoms with Crippen molar-refractivity contribution in [2.45, 2.75) is 6.42 Å². The largest absolute Gasteiger partial charge is 0.352 e. The Morgan fingerprint density at radius 2 is 1.94 bits per heavy atom. The molecule has 0 spiro atoms. The highest BCUT2D eigenvalue weighted by atomic mass is 35.5. The van der Waals surface area contributed by atoms with Crippen molar-refractivity contribution in [1.29, 1.82) is 0 Å². The van der Waals surface area contributed by atoms with Crippen molar-refractivity contribution in [3.8, 4) is 0 Å². The molecular weight excluding hydrogens is 248 g/mol. The minimum absolute atomic E-state index is 0.216. The van der Waals surface area contributed by atoms with E-state index in [-0.39, 0.29) is 12.0 Å². The number of benzene rings is 1. The quantitative estimate of drug-likeness (QED) is 0.639. The molecule has 0 aliphatic rings. The maximum Gasteiger partial charge on any atom is 0.224 e. The van der Waals surface area contributed by atoms with Gasteiger partial charge in [-0.1, -0.05) is 18.2 Å². The molecule has 0 unspecified atom stereocenters. The Morgan fingerprint density at radius 3 is 2.53 bits per heavy atom. The van der Waals surface area contributed by atoms with Crippen LogP contribution < -0.4 is 5.32 Å². The topological polar surface area (TPSA) is 29.1 Å². The van der Waals surface area contributed by atoms with Gasteiger partial charge in [0.05, 0.1) is 6.42 Å². The second-order valence-corrected chi connectivity index (χ2v) is 3.62. The molecule has 0 heterocycles. The average molecular weight is 260 g/mol. The molecule has 0 aromatic heterocycles. The van der Waals surface area contributed by atoms with E-state index < -0.39 is 17.5 Å². The fraction of sp³-hybridized carbons (Fsp3) is 0.250. The number of hydrogen-bond donors (Lipinski definition) is 1. The maximum atomic E-state index is 13.2. The molecule has 0 bridgehead atoms. The molecule has 1 amide bonds. The second kappa shape index (κ2) is 7.01. The molecule has 1 aromatic rings. The highest BCUT2D eigenvalue weighted by molar-refractivity contribution is 6.18. The lowest BCUT2D eigenvalue weighted by molar-refractivity contribution is -0.120. The monoisotopic (exact) mass is 259 g/mol. The van der Waals surface area contributed by atoms with E-state index in [9.17, 15) is 13.6 Å². The predicted molar refractivity (Wildman–Crippen MR) is 62.9 cm³/mol. The maximum absolute atomic E-state index is 13.2. The third-order valence-electron chi connectivity index (χ3n) is 2.07. The molecule has 0 fully saturated rings. The summed E-state index contributed by atoms with van der Waals surface area (Å²) >= 11 is 5.39. The highest BCUT2D eigenvalue weighted by Crippen LogP contribution is 2.12. The van der Waals surface area contributed by atoms with Crippen LogP contribution in [0.4, 0.5) is 8.78 Å². The first kappa shape index (κ1) is 13.6. The third-order valence-corrected chi connectivity index (χ3v) is 2.25. The zero-order chi connectivity index (χ0) is 12.7. The van der Waals surface area contributed by atoms with Crippen LogP contribution in [0, 0.1) is 11.6 Å². The van der Waals surface area contributed by atoms with Crippen molar-refractivity contribution in [2.75, 3.05) is 12.4 Å². The molecule has 92 valence electrons. The van der Waals surface area contributed by atoms with Crippen LogP contribution in [0.5, 0.6) is 0 Å². The van der Waals surface area contributed by atoms with Gasteiger partial charge in [0.25, 0.3) is 0 Å². The highest BCUT2D eigenvalue weighted by Gasteiger charge is 2.11. The number of alkyl halides is 1. The average Bonchev–Trinajstić information content (AvgIpc) is 2.30. The van der Waals surface area contributed by atoms with E-state index in [4.69, 9.17) is 11.6 Å². The van der Waals surface area contributed by atoms with E-state index in [1.165, 1.54) is 6.07 Å². The zero-order valence-corrected chi connectivity index (χ0v) is 9.81. The van der Waals surface area contributed by atoms with Gasteiger partial charge in [0.2, 0.25) is 5.91 Å². The van der Waals surface area contributed by atoms with Crippen molar-refractivity contribution < 1.29 is 13.6 Å². The standard InChI is InChI=1S/C12H12ClF2NO/c13-6-1-2-7-16-12(17)8-9-10(14)4-3-5-11(9)15/h1-5H,6-8H2,(H,16,17)/b2-1+. The van der Waals surface area contributed by atoms with E-state index in [0.717, 1.165) is 12.1 Å². The number of rotatable bonds is 5. The normalized spacial score (nSPS) is 10.8. The molecule has 0 aliphatic heterocycles. The minimum Gasteiger partial charge on any atom is -0.352 e. The molecule has 1 rings (SSSR count).